The van der Waals surface area contributed by atoms with Gasteiger partial charge in [-0.15, -0.1) is 0 Å². The van der Waals surface area contributed by atoms with Crippen molar-refractivity contribution in [1.29, 1.82) is 0 Å². The van der Waals surface area contributed by atoms with Gasteiger partial charge in [-0.05, 0) is 49.6 Å². The first-order valence-corrected chi connectivity index (χ1v) is 6.82. The van der Waals surface area contributed by atoms with Crippen molar-refractivity contribution in [2.24, 2.45) is 0 Å². The Morgan fingerprint density at radius 1 is 1.14 bits per heavy atom. The highest BCUT2D eigenvalue weighted by molar-refractivity contribution is 5.94. The first-order chi connectivity index (χ1) is 9.97. The van der Waals surface area contributed by atoms with E-state index in [2.05, 4.69) is 5.32 Å². The van der Waals surface area contributed by atoms with Crippen LogP contribution in [0.25, 0.3) is 0 Å². The molecule has 2 aromatic rings. The Balaban J connectivity index is 1.99. The second kappa shape index (κ2) is 6.31. The summed E-state index contributed by atoms with van der Waals surface area (Å²) in [6, 6.07) is 11.4. The van der Waals surface area contributed by atoms with Crippen LogP contribution in [-0.4, -0.2) is 12.5 Å². The maximum absolute atomic E-state index is 12.0. The van der Waals surface area contributed by atoms with Crippen LogP contribution in [-0.2, 0) is 4.79 Å². The van der Waals surface area contributed by atoms with Crippen LogP contribution in [0, 0.1) is 20.8 Å². The third kappa shape index (κ3) is 3.75. The first kappa shape index (κ1) is 14.9. The number of hydrogen-bond acceptors (Lipinski definition) is 3. The number of aryl methyl sites for hydroxylation is 3. The number of benzene rings is 2. The predicted molar refractivity (Wildman–Crippen MR) is 85.6 cm³/mol. The molecule has 0 radical (unpaired) electrons. The molecule has 0 aliphatic carbocycles. The van der Waals surface area contributed by atoms with Crippen LogP contribution in [0.5, 0.6) is 5.75 Å². The molecule has 110 valence electrons. The minimum atomic E-state index is -0.229. The number of para-hydroxylation sites is 1. The summed E-state index contributed by atoms with van der Waals surface area (Å²) in [5, 5.41) is 2.76. The van der Waals surface area contributed by atoms with E-state index in [-0.39, 0.29) is 12.5 Å². The third-order valence-corrected chi connectivity index (χ3v) is 3.24. The second-order valence-electron chi connectivity index (χ2n) is 5.15. The molecule has 3 N–H and O–H groups in total. The molecule has 0 unspecified atom stereocenters. The van der Waals surface area contributed by atoms with Crippen molar-refractivity contribution in [2.45, 2.75) is 20.8 Å². The Bertz CT molecular complexity index is 646. The Labute approximate surface area is 124 Å². The lowest BCUT2D eigenvalue weighted by Crippen LogP contribution is -2.21. The van der Waals surface area contributed by atoms with Gasteiger partial charge in [0.1, 0.15) is 5.75 Å². The quantitative estimate of drug-likeness (QED) is 0.847. The van der Waals surface area contributed by atoms with Crippen LogP contribution in [0.15, 0.2) is 36.4 Å². The number of nitrogens with one attached hydrogen (secondary N) is 1. The Morgan fingerprint density at radius 2 is 1.81 bits per heavy atom. The van der Waals surface area contributed by atoms with E-state index >= 15 is 0 Å². The van der Waals surface area contributed by atoms with E-state index in [1.807, 2.05) is 51.1 Å². The zero-order valence-corrected chi connectivity index (χ0v) is 12.6. The highest BCUT2D eigenvalue weighted by Gasteiger charge is 2.09. The molecular weight excluding hydrogens is 264 g/mol. The van der Waals surface area contributed by atoms with Gasteiger partial charge in [0.05, 0.1) is 11.4 Å². The monoisotopic (exact) mass is 284 g/mol. The van der Waals surface area contributed by atoms with E-state index in [9.17, 15) is 4.79 Å². The molecule has 0 aliphatic heterocycles. The van der Waals surface area contributed by atoms with Gasteiger partial charge in [-0.25, -0.2) is 0 Å². The Kier molecular flexibility index (Phi) is 4.48. The van der Waals surface area contributed by atoms with Gasteiger partial charge in [0, 0.05) is 0 Å². The van der Waals surface area contributed by atoms with Crippen molar-refractivity contribution in [3.05, 3.63) is 53.1 Å². The third-order valence-electron chi connectivity index (χ3n) is 3.24. The van der Waals surface area contributed by atoms with E-state index in [0.29, 0.717) is 11.4 Å². The number of nitrogen functional groups attached to an aromatic ring is 1. The fourth-order valence-electron chi connectivity index (χ4n) is 2.15. The molecule has 0 aliphatic rings. The summed E-state index contributed by atoms with van der Waals surface area (Å²) in [7, 11) is 0. The molecule has 0 atom stereocenters. The fourth-order valence-corrected chi connectivity index (χ4v) is 2.15. The highest BCUT2D eigenvalue weighted by atomic mass is 16.5. The van der Waals surface area contributed by atoms with Crippen molar-refractivity contribution in [3.63, 3.8) is 0 Å². The van der Waals surface area contributed by atoms with Crippen LogP contribution in [0.2, 0.25) is 0 Å². The molecule has 0 saturated carbocycles. The predicted octanol–water partition coefficient (Wildman–Crippen LogP) is 3.21. The van der Waals surface area contributed by atoms with E-state index in [0.717, 1.165) is 22.4 Å². The van der Waals surface area contributed by atoms with Gasteiger partial charge in [0.2, 0.25) is 0 Å². The lowest BCUT2D eigenvalue weighted by molar-refractivity contribution is -0.118. The van der Waals surface area contributed by atoms with Crippen LogP contribution in [0.3, 0.4) is 0 Å². The summed E-state index contributed by atoms with van der Waals surface area (Å²) < 4.78 is 5.61. The van der Waals surface area contributed by atoms with Crippen LogP contribution in [0.4, 0.5) is 11.4 Å². The van der Waals surface area contributed by atoms with Gasteiger partial charge in [-0.1, -0.05) is 24.3 Å². The molecule has 0 heterocycles. The van der Waals surface area contributed by atoms with Crippen LogP contribution >= 0.6 is 0 Å². The van der Waals surface area contributed by atoms with E-state index in [1.54, 1.807) is 6.07 Å². The zero-order valence-electron chi connectivity index (χ0n) is 12.6. The van der Waals surface area contributed by atoms with Crippen molar-refractivity contribution < 1.29 is 9.53 Å². The minimum Gasteiger partial charge on any atom is -0.483 e. The molecule has 0 fully saturated rings. The summed E-state index contributed by atoms with van der Waals surface area (Å²) in [6.45, 7) is 5.82. The lowest BCUT2D eigenvalue weighted by Gasteiger charge is -2.13. The Hall–Kier alpha value is -2.49. The van der Waals surface area contributed by atoms with E-state index in [1.165, 1.54) is 0 Å². The lowest BCUT2D eigenvalue weighted by atomic mass is 10.1. The zero-order chi connectivity index (χ0) is 15.4. The van der Waals surface area contributed by atoms with Crippen molar-refractivity contribution in [1.82, 2.24) is 0 Å². The average molecular weight is 284 g/mol. The molecule has 0 bridgehead atoms. The molecule has 21 heavy (non-hydrogen) atoms. The van der Waals surface area contributed by atoms with Gasteiger partial charge in [-0.3, -0.25) is 4.79 Å². The van der Waals surface area contributed by atoms with E-state index in [4.69, 9.17) is 10.5 Å². The summed E-state index contributed by atoms with van der Waals surface area (Å²) >= 11 is 0. The molecule has 4 heteroatoms. The summed E-state index contributed by atoms with van der Waals surface area (Å²) in [5.74, 6) is 0.526. The molecule has 2 aromatic carbocycles. The van der Waals surface area contributed by atoms with Gasteiger partial charge in [-0.2, -0.15) is 0 Å². The van der Waals surface area contributed by atoms with Gasteiger partial charge >= 0.3 is 0 Å². The number of carbonyl (C=O) groups excluding carboxylic acids is 1. The molecule has 4 nitrogen and oxygen atoms in total. The second-order valence-corrected chi connectivity index (χ2v) is 5.15. The van der Waals surface area contributed by atoms with Gasteiger partial charge < -0.3 is 15.8 Å². The van der Waals surface area contributed by atoms with Gasteiger partial charge in [0.15, 0.2) is 6.61 Å². The van der Waals surface area contributed by atoms with Crippen LogP contribution in [0.1, 0.15) is 16.7 Å². The molecular formula is C17H20N2O2. The number of carbonyl (C=O) groups is 1. The molecule has 0 aromatic heterocycles. The van der Waals surface area contributed by atoms with Crippen LogP contribution < -0.4 is 15.8 Å². The minimum absolute atomic E-state index is 0.0426. The maximum atomic E-state index is 12.0. The normalized spacial score (nSPS) is 10.2. The number of anilines is 2. The number of rotatable bonds is 4. The topological polar surface area (TPSA) is 64.3 Å². The Morgan fingerprint density at radius 3 is 2.43 bits per heavy atom. The maximum Gasteiger partial charge on any atom is 0.262 e. The van der Waals surface area contributed by atoms with E-state index < -0.39 is 0 Å². The first-order valence-electron chi connectivity index (χ1n) is 6.82. The number of hydrogen-bond donors (Lipinski definition) is 2. The number of ether oxygens (including phenoxy) is 1. The molecule has 2 rings (SSSR count). The average Bonchev–Trinajstić information content (AvgIpc) is 2.41. The smallest absolute Gasteiger partial charge is 0.262 e. The fraction of sp³-hybridized carbons (Fsp3) is 0.235. The standard InChI is InChI=1S/C17H20N2O2/c1-11-7-8-15(14(18)9-11)19-16(20)10-21-17-12(2)5-4-6-13(17)3/h4-9H,10,18H2,1-3H3,(H,19,20). The molecule has 0 spiro atoms. The number of amides is 1. The summed E-state index contributed by atoms with van der Waals surface area (Å²) in [4.78, 5) is 12.0. The van der Waals surface area contributed by atoms with Crippen molar-refractivity contribution in [2.75, 3.05) is 17.7 Å². The summed E-state index contributed by atoms with van der Waals surface area (Å²) in [6.07, 6.45) is 0. The van der Waals surface area contributed by atoms with Gasteiger partial charge in [0.25, 0.3) is 5.91 Å². The highest BCUT2D eigenvalue weighted by Crippen LogP contribution is 2.23. The van der Waals surface area contributed by atoms with Crippen molar-refractivity contribution in [3.8, 4) is 5.75 Å². The molecule has 1 amide bonds. The number of nitrogens with two attached hydrogens (primary N) is 1. The SMILES string of the molecule is Cc1ccc(NC(=O)COc2c(C)cccc2C)c(N)c1. The molecule has 0 saturated heterocycles. The largest absolute Gasteiger partial charge is 0.483 e. The van der Waals surface area contributed by atoms with Crippen molar-refractivity contribution >= 4 is 17.3 Å². The summed E-state index contributed by atoms with van der Waals surface area (Å²) in [5.41, 5.74) is 10.1.